The Morgan fingerprint density at radius 1 is 1.46 bits per heavy atom. The zero-order chi connectivity index (χ0) is 9.42. The van der Waals surface area contributed by atoms with E-state index in [1.165, 1.54) is 5.01 Å². The number of aliphatic hydroxyl groups is 1. The van der Waals surface area contributed by atoms with Crippen LogP contribution >= 0.6 is 0 Å². The summed E-state index contributed by atoms with van der Waals surface area (Å²) in [7, 11) is 1.60. The molecule has 0 bridgehead atoms. The lowest BCUT2D eigenvalue weighted by Crippen LogP contribution is -2.38. The fourth-order valence-electron chi connectivity index (χ4n) is 1.52. The third-order valence-corrected chi connectivity index (χ3v) is 2.17. The van der Waals surface area contributed by atoms with Crippen LogP contribution in [0, 0.1) is 0 Å². The molecule has 2 N–H and O–H groups in total. The molecule has 1 aromatic carbocycles. The average Bonchev–Trinajstić information content (AvgIpc) is 2.41. The summed E-state index contributed by atoms with van der Waals surface area (Å²) < 4.78 is 0. The number of benzene rings is 1. The molecule has 13 heavy (non-hydrogen) atoms. The summed E-state index contributed by atoms with van der Waals surface area (Å²) in [6.07, 6.45) is -0.867. The van der Waals surface area contributed by atoms with Gasteiger partial charge in [0.25, 0.3) is 5.91 Å². The van der Waals surface area contributed by atoms with Crippen LogP contribution in [0.25, 0.3) is 0 Å². The van der Waals surface area contributed by atoms with Crippen LogP contribution in [0.4, 0.5) is 0 Å². The SMILES string of the molecule is CNN1C(=O)c2ccccc2C1O. The van der Waals surface area contributed by atoms with Crippen LogP contribution < -0.4 is 5.43 Å². The lowest BCUT2D eigenvalue weighted by molar-refractivity contribution is -0.00329. The number of carbonyl (C=O) groups is 1. The molecule has 0 spiro atoms. The highest BCUT2D eigenvalue weighted by Crippen LogP contribution is 2.29. The number of hydrogen-bond donors (Lipinski definition) is 2. The number of nitrogens with one attached hydrogen (secondary N) is 1. The van der Waals surface area contributed by atoms with Crippen molar-refractivity contribution >= 4 is 5.91 Å². The Morgan fingerprint density at radius 2 is 2.15 bits per heavy atom. The molecule has 0 aromatic heterocycles. The van der Waals surface area contributed by atoms with Crippen LogP contribution in [0.3, 0.4) is 0 Å². The highest BCUT2D eigenvalue weighted by atomic mass is 16.3. The maximum Gasteiger partial charge on any atom is 0.271 e. The first kappa shape index (κ1) is 8.22. The topological polar surface area (TPSA) is 52.6 Å². The Balaban J connectivity index is 2.50. The number of rotatable bonds is 1. The Morgan fingerprint density at radius 3 is 2.77 bits per heavy atom. The molecule has 68 valence electrons. The molecule has 0 aliphatic carbocycles. The van der Waals surface area contributed by atoms with E-state index in [2.05, 4.69) is 5.43 Å². The Hall–Kier alpha value is -1.39. The molecule has 1 aromatic rings. The summed E-state index contributed by atoms with van der Waals surface area (Å²) >= 11 is 0. The molecule has 1 atom stereocenters. The van der Waals surface area contributed by atoms with Crippen molar-refractivity contribution in [2.75, 3.05) is 7.05 Å². The van der Waals surface area contributed by atoms with Gasteiger partial charge in [0, 0.05) is 18.2 Å². The summed E-state index contributed by atoms with van der Waals surface area (Å²) in [6.45, 7) is 0. The number of aliphatic hydroxyl groups excluding tert-OH is 1. The molecule has 4 nitrogen and oxygen atoms in total. The van der Waals surface area contributed by atoms with Gasteiger partial charge >= 0.3 is 0 Å². The lowest BCUT2D eigenvalue weighted by Gasteiger charge is -2.18. The molecular formula is C9H10N2O2. The Labute approximate surface area is 75.8 Å². The van der Waals surface area contributed by atoms with Crippen molar-refractivity contribution in [2.45, 2.75) is 6.23 Å². The predicted molar refractivity (Wildman–Crippen MR) is 46.6 cm³/mol. The summed E-state index contributed by atoms with van der Waals surface area (Å²) in [5.74, 6) is -0.189. The first-order chi connectivity index (χ1) is 6.25. The van der Waals surface area contributed by atoms with E-state index in [9.17, 15) is 9.90 Å². The van der Waals surface area contributed by atoms with Crippen LogP contribution in [0.1, 0.15) is 22.1 Å². The van der Waals surface area contributed by atoms with E-state index < -0.39 is 6.23 Å². The van der Waals surface area contributed by atoms with Gasteiger partial charge < -0.3 is 5.11 Å². The first-order valence-corrected chi connectivity index (χ1v) is 4.03. The zero-order valence-electron chi connectivity index (χ0n) is 7.19. The second-order valence-electron chi connectivity index (χ2n) is 2.86. The number of fused-ring (bicyclic) bond motifs is 1. The molecule has 1 amide bonds. The molecule has 0 radical (unpaired) electrons. The summed E-state index contributed by atoms with van der Waals surface area (Å²) in [5.41, 5.74) is 3.86. The molecule has 2 rings (SSSR count). The van der Waals surface area contributed by atoms with Crippen LogP contribution in [0.5, 0.6) is 0 Å². The second-order valence-corrected chi connectivity index (χ2v) is 2.86. The van der Waals surface area contributed by atoms with Gasteiger partial charge in [-0.25, -0.2) is 10.4 Å². The molecule has 1 unspecified atom stereocenters. The highest BCUT2D eigenvalue weighted by molar-refractivity contribution is 5.98. The maximum absolute atomic E-state index is 11.5. The lowest BCUT2D eigenvalue weighted by atomic mass is 10.1. The molecule has 1 heterocycles. The van der Waals surface area contributed by atoms with E-state index in [1.54, 1.807) is 31.3 Å². The monoisotopic (exact) mass is 178 g/mol. The predicted octanol–water partition coefficient (Wildman–Crippen LogP) is 0.268. The van der Waals surface area contributed by atoms with Crippen LogP contribution in [0.2, 0.25) is 0 Å². The maximum atomic E-state index is 11.5. The van der Waals surface area contributed by atoms with E-state index in [-0.39, 0.29) is 5.91 Å². The van der Waals surface area contributed by atoms with Gasteiger partial charge in [0.15, 0.2) is 6.23 Å². The van der Waals surface area contributed by atoms with Crippen molar-refractivity contribution in [3.8, 4) is 0 Å². The van der Waals surface area contributed by atoms with Crippen LogP contribution in [-0.4, -0.2) is 23.1 Å². The van der Waals surface area contributed by atoms with Gasteiger partial charge in [-0.2, -0.15) is 0 Å². The van der Waals surface area contributed by atoms with Crippen molar-refractivity contribution in [1.82, 2.24) is 10.4 Å². The smallest absolute Gasteiger partial charge is 0.271 e. The number of hydrogen-bond acceptors (Lipinski definition) is 3. The van der Waals surface area contributed by atoms with Gasteiger partial charge in [-0.05, 0) is 6.07 Å². The fourth-order valence-corrected chi connectivity index (χ4v) is 1.52. The van der Waals surface area contributed by atoms with Crippen molar-refractivity contribution in [3.63, 3.8) is 0 Å². The number of nitrogens with zero attached hydrogens (tertiary/aromatic N) is 1. The largest absolute Gasteiger partial charge is 0.368 e. The highest BCUT2D eigenvalue weighted by Gasteiger charge is 2.34. The molecule has 4 heteroatoms. The summed E-state index contributed by atoms with van der Waals surface area (Å²) in [4.78, 5) is 11.5. The molecule has 1 aliphatic heterocycles. The van der Waals surface area contributed by atoms with Gasteiger partial charge in [-0.1, -0.05) is 18.2 Å². The molecule has 1 aliphatic rings. The van der Waals surface area contributed by atoms with Gasteiger partial charge in [0.05, 0.1) is 0 Å². The normalized spacial score (nSPS) is 20.6. The molecule has 0 saturated carbocycles. The fraction of sp³-hybridized carbons (Fsp3) is 0.222. The number of amides is 1. The van der Waals surface area contributed by atoms with Gasteiger partial charge in [-0.15, -0.1) is 0 Å². The van der Waals surface area contributed by atoms with Crippen molar-refractivity contribution in [2.24, 2.45) is 0 Å². The number of hydrazine groups is 1. The van der Waals surface area contributed by atoms with E-state index in [0.717, 1.165) is 0 Å². The van der Waals surface area contributed by atoms with Gasteiger partial charge in [0.1, 0.15) is 0 Å². The minimum Gasteiger partial charge on any atom is -0.368 e. The second kappa shape index (κ2) is 2.83. The molecule has 0 saturated heterocycles. The first-order valence-electron chi connectivity index (χ1n) is 4.03. The Kier molecular flexibility index (Phi) is 1.79. The van der Waals surface area contributed by atoms with Crippen molar-refractivity contribution in [1.29, 1.82) is 0 Å². The minimum absolute atomic E-state index is 0.189. The summed E-state index contributed by atoms with van der Waals surface area (Å²) in [5, 5.41) is 10.9. The minimum atomic E-state index is -0.867. The molecular weight excluding hydrogens is 168 g/mol. The quantitative estimate of drug-likeness (QED) is 0.649. The third kappa shape index (κ3) is 1.03. The van der Waals surface area contributed by atoms with E-state index in [4.69, 9.17) is 0 Å². The Bertz CT molecular complexity index is 351. The van der Waals surface area contributed by atoms with E-state index in [0.29, 0.717) is 11.1 Å². The van der Waals surface area contributed by atoms with Crippen LogP contribution in [-0.2, 0) is 0 Å². The molecule has 0 fully saturated rings. The number of carbonyl (C=O) groups excluding carboxylic acids is 1. The van der Waals surface area contributed by atoms with Crippen LogP contribution in [0.15, 0.2) is 24.3 Å². The van der Waals surface area contributed by atoms with Crippen molar-refractivity contribution < 1.29 is 9.90 Å². The third-order valence-electron chi connectivity index (χ3n) is 2.17. The van der Waals surface area contributed by atoms with Gasteiger partial charge in [0.2, 0.25) is 0 Å². The average molecular weight is 178 g/mol. The van der Waals surface area contributed by atoms with E-state index >= 15 is 0 Å². The van der Waals surface area contributed by atoms with E-state index in [1.807, 2.05) is 0 Å². The van der Waals surface area contributed by atoms with Gasteiger partial charge in [-0.3, -0.25) is 4.79 Å². The van der Waals surface area contributed by atoms with Crippen molar-refractivity contribution in [3.05, 3.63) is 35.4 Å². The standard InChI is InChI=1S/C9H10N2O2/c1-10-11-8(12)6-4-2-3-5-7(6)9(11)13/h2-5,8,10,12H,1H3. The summed E-state index contributed by atoms with van der Waals surface area (Å²) in [6, 6.07) is 7.03. The zero-order valence-corrected chi connectivity index (χ0v) is 7.19.